The van der Waals surface area contributed by atoms with E-state index in [1.54, 1.807) is 10.4 Å². The average Bonchev–Trinajstić information content (AvgIpc) is 2.99. The highest BCUT2D eigenvalue weighted by molar-refractivity contribution is 7.16. The van der Waals surface area contributed by atoms with Crippen LogP contribution in [0.25, 0.3) is 10.2 Å². The first kappa shape index (κ1) is 15.6. The summed E-state index contributed by atoms with van der Waals surface area (Å²) in [5, 5.41) is 3.10. The van der Waals surface area contributed by atoms with Gasteiger partial charge in [0, 0.05) is 12.1 Å². The molecule has 5 nitrogen and oxygen atoms in total. The van der Waals surface area contributed by atoms with E-state index in [9.17, 15) is 9.18 Å². The van der Waals surface area contributed by atoms with Crippen LogP contribution in [0.3, 0.4) is 0 Å². The number of fused-ring (bicyclic) bond motifs is 1. The van der Waals surface area contributed by atoms with Crippen LogP contribution < -0.4 is 10.1 Å². The monoisotopic (exact) mass is 349 g/mol. The van der Waals surface area contributed by atoms with Crippen LogP contribution in [0, 0.1) is 5.82 Å². The number of nitrogens with zero attached hydrogens (tertiary/aromatic N) is 2. The standard InChI is InChI=1S/C17H20FN3O2S/c18-11-6-14(16-15(7-11)24-10-19-16)23-13-8-21(9-13)17(22)20-12-4-2-1-3-5-12/h6-7,10,12-13H,1-5,8-9H2,(H,20,22). The number of carbonyl (C=O) groups is 1. The number of thiazole rings is 1. The number of rotatable bonds is 3. The second kappa shape index (κ2) is 6.55. The van der Waals surface area contributed by atoms with E-state index in [0.717, 1.165) is 17.5 Å². The van der Waals surface area contributed by atoms with Crippen LogP contribution in [0.1, 0.15) is 32.1 Å². The van der Waals surface area contributed by atoms with Crippen molar-refractivity contribution in [3.8, 4) is 5.75 Å². The van der Waals surface area contributed by atoms with E-state index in [1.165, 1.54) is 42.7 Å². The molecule has 2 amide bonds. The maximum atomic E-state index is 13.6. The van der Waals surface area contributed by atoms with Crippen LogP contribution in [0.15, 0.2) is 17.6 Å². The summed E-state index contributed by atoms with van der Waals surface area (Å²) in [5.74, 6) is 0.136. The third-order valence-corrected chi connectivity index (χ3v) is 5.50. The predicted molar refractivity (Wildman–Crippen MR) is 91.0 cm³/mol. The van der Waals surface area contributed by atoms with Crippen LogP contribution >= 0.6 is 11.3 Å². The van der Waals surface area contributed by atoms with Gasteiger partial charge >= 0.3 is 6.03 Å². The first-order valence-corrected chi connectivity index (χ1v) is 9.32. The lowest BCUT2D eigenvalue weighted by atomic mass is 9.95. The molecule has 2 aromatic rings. The van der Waals surface area contributed by atoms with Crippen molar-refractivity contribution < 1.29 is 13.9 Å². The second-order valence-electron chi connectivity index (χ2n) is 6.53. The Morgan fingerprint density at radius 3 is 2.88 bits per heavy atom. The number of hydrogen-bond donors (Lipinski definition) is 1. The van der Waals surface area contributed by atoms with Crippen molar-refractivity contribution in [3.05, 3.63) is 23.5 Å². The van der Waals surface area contributed by atoms with Crippen molar-refractivity contribution >= 4 is 27.6 Å². The van der Waals surface area contributed by atoms with Gasteiger partial charge in [-0.05, 0) is 18.9 Å². The Hall–Kier alpha value is -1.89. The Kier molecular flexibility index (Phi) is 4.26. The fourth-order valence-electron chi connectivity index (χ4n) is 3.36. The quantitative estimate of drug-likeness (QED) is 0.922. The Balaban J connectivity index is 1.32. The lowest BCUT2D eigenvalue weighted by molar-refractivity contribution is 0.0437. The zero-order valence-corrected chi connectivity index (χ0v) is 14.2. The number of amides is 2. The minimum atomic E-state index is -0.326. The highest BCUT2D eigenvalue weighted by Crippen LogP contribution is 2.30. The van der Waals surface area contributed by atoms with E-state index in [0.29, 0.717) is 30.4 Å². The molecule has 0 unspecified atom stereocenters. The lowest BCUT2D eigenvalue weighted by Crippen LogP contribution is -2.60. The van der Waals surface area contributed by atoms with Gasteiger partial charge < -0.3 is 15.0 Å². The van der Waals surface area contributed by atoms with Crippen LogP contribution in [-0.2, 0) is 0 Å². The van der Waals surface area contributed by atoms with Crippen LogP contribution in [0.2, 0.25) is 0 Å². The first-order chi connectivity index (χ1) is 11.7. The van der Waals surface area contributed by atoms with E-state index in [4.69, 9.17) is 4.74 Å². The maximum Gasteiger partial charge on any atom is 0.317 e. The molecule has 4 rings (SSSR count). The molecule has 1 saturated carbocycles. The molecule has 1 saturated heterocycles. The molecule has 1 aliphatic carbocycles. The van der Waals surface area contributed by atoms with Gasteiger partial charge in [0.05, 0.1) is 23.3 Å². The molecule has 1 aromatic heterocycles. The van der Waals surface area contributed by atoms with Crippen molar-refractivity contribution in [3.63, 3.8) is 0 Å². The summed E-state index contributed by atoms with van der Waals surface area (Å²) in [6.07, 6.45) is 5.70. The molecular weight excluding hydrogens is 329 g/mol. The van der Waals surface area contributed by atoms with Crippen molar-refractivity contribution in [2.45, 2.75) is 44.2 Å². The fourth-order valence-corrected chi connectivity index (χ4v) is 4.08. The number of hydrogen-bond acceptors (Lipinski definition) is 4. The van der Waals surface area contributed by atoms with Gasteiger partial charge in [-0.3, -0.25) is 0 Å². The number of nitrogens with one attached hydrogen (secondary N) is 1. The van der Waals surface area contributed by atoms with Gasteiger partial charge in [0.25, 0.3) is 0 Å². The van der Waals surface area contributed by atoms with E-state index in [-0.39, 0.29) is 18.0 Å². The number of urea groups is 1. The van der Waals surface area contributed by atoms with Crippen LogP contribution in [0.4, 0.5) is 9.18 Å². The zero-order chi connectivity index (χ0) is 16.5. The fraction of sp³-hybridized carbons (Fsp3) is 0.529. The highest BCUT2D eigenvalue weighted by atomic mass is 32.1. The molecule has 2 heterocycles. The van der Waals surface area contributed by atoms with Crippen molar-refractivity contribution in [1.82, 2.24) is 15.2 Å². The van der Waals surface area contributed by atoms with Crippen molar-refractivity contribution in [2.24, 2.45) is 0 Å². The predicted octanol–water partition coefficient (Wildman–Crippen LogP) is 3.54. The molecule has 2 fully saturated rings. The number of carbonyl (C=O) groups excluding carboxylic acids is 1. The van der Waals surface area contributed by atoms with Gasteiger partial charge in [0.2, 0.25) is 0 Å². The van der Waals surface area contributed by atoms with Crippen molar-refractivity contribution in [2.75, 3.05) is 13.1 Å². The molecule has 0 radical (unpaired) electrons. The summed E-state index contributed by atoms with van der Waals surface area (Å²) >= 11 is 1.39. The van der Waals surface area contributed by atoms with Crippen molar-refractivity contribution in [1.29, 1.82) is 0 Å². The average molecular weight is 349 g/mol. The number of likely N-dealkylation sites (tertiary alicyclic amines) is 1. The first-order valence-electron chi connectivity index (χ1n) is 8.44. The number of benzene rings is 1. The molecule has 1 aromatic carbocycles. The van der Waals surface area contributed by atoms with E-state index in [2.05, 4.69) is 10.3 Å². The third kappa shape index (κ3) is 3.17. The smallest absolute Gasteiger partial charge is 0.317 e. The molecule has 24 heavy (non-hydrogen) atoms. The van der Waals surface area contributed by atoms with E-state index < -0.39 is 0 Å². The lowest BCUT2D eigenvalue weighted by Gasteiger charge is -2.40. The van der Waals surface area contributed by atoms with Gasteiger partial charge in [0.15, 0.2) is 0 Å². The molecular formula is C17H20FN3O2S. The van der Waals surface area contributed by atoms with E-state index in [1.807, 2.05) is 0 Å². The van der Waals surface area contributed by atoms with Gasteiger partial charge in [-0.2, -0.15) is 0 Å². The van der Waals surface area contributed by atoms with Gasteiger partial charge in [-0.25, -0.2) is 14.2 Å². The largest absolute Gasteiger partial charge is 0.484 e. The number of halogens is 1. The Morgan fingerprint density at radius 2 is 2.08 bits per heavy atom. The molecule has 1 N–H and O–H groups in total. The molecule has 7 heteroatoms. The summed E-state index contributed by atoms with van der Waals surface area (Å²) in [7, 11) is 0. The topological polar surface area (TPSA) is 54.5 Å². The molecule has 128 valence electrons. The van der Waals surface area contributed by atoms with Gasteiger partial charge in [-0.15, -0.1) is 11.3 Å². The number of aromatic nitrogens is 1. The Morgan fingerprint density at radius 1 is 1.29 bits per heavy atom. The minimum Gasteiger partial charge on any atom is -0.484 e. The summed E-state index contributed by atoms with van der Waals surface area (Å²) < 4.78 is 20.3. The normalized spacial score (nSPS) is 19.3. The van der Waals surface area contributed by atoms with Gasteiger partial charge in [0.1, 0.15) is 23.2 Å². The third-order valence-electron chi connectivity index (χ3n) is 4.73. The highest BCUT2D eigenvalue weighted by Gasteiger charge is 2.33. The molecule has 2 aliphatic rings. The Labute approximate surface area is 143 Å². The molecule has 0 spiro atoms. The van der Waals surface area contributed by atoms with Gasteiger partial charge in [-0.1, -0.05) is 19.3 Å². The van der Waals surface area contributed by atoms with Crippen LogP contribution in [0.5, 0.6) is 5.75 Å². The summed E-state index contributed by atoms with van der Waals surface area (Å²) in [6.45, 7) is 1.06. The van der Waals surface area contributed by atoms with Crippen LogP contribution in [-0.4, -0.2) is 41.2 Å². The summed E-state index contributed by atoms with van der Waals surface area (Å²) in [5.41, 5.74) is 2.37. The minimum absolute atomic E-state index is 0.0141. The second-order valence-corrected chi connectivity index (χ2v) is 7.42. The molecule has 0 atom stereocenters. The molecule has 0 bridgehead atoms. The summed E-state index contributed by atoms with van der Waals surface area (Å²) in [6, 6.07) is 3.13. The number of ether oxygens (including phenoxy) is 1. The Bertz CT molecular complexity index is 739. The zero-order valence-electron chi connectivity index (χ0n) is 13.3. The molecule has 1 aliphatic heterocycles. The SMILES string of the molecule is O=C(NC1CCCCC1)N1CC(Oc2cc(F)cc3scnc23)C1. The maximum absolute atomic E-state index is 13.6. The summed E-state index contributed by atoms with van der Waals surface area (Å²) in [4.78, 5) is 18.2. The van der Waals surface area contributed by atoms with E-state index >= 15 is 0 Å².